The minimum Gasteiger partial charge on any atom is -0.507 e. The van der Waals surface area contributed by atoms with Gasteiger partial charge in [0.2, 0.25) is 5.88 Å². The van der Waals surface area contributed by atoms with Gasteiger partial charge >= 0.3 is 0 Å². The third kappa shape index (κ3) is 2.78. The molecule has 2 aromatic heterocycles. The number of piperidine rings is 1. The zero-order chi connectivity index (χ0) is 21.1. The number of benzene rings is 1. The van der Waals surface area contributed by atoms with Crippen LogP contribution >= 0.6 is 0 Å². The molecule has 0 unspecified atom stereocenters. The van der Waals surface area contributed by atoms with Crippen LogP contribution in [0.25, 0.3) is 16.9 Å². The average Bonchev–Trinajstić information content (AvgIpc) is 3.37. The van der Waals surface area contributed by atoms with Crippen LogP contribution < -0.4 is 4.74 Å². The SMILES string of the molecule is CN1C[C@]2(C)C[C@@]1(C)[C@H](F)[C@H]2Oc1ccc(-c2ccc(-n3ccnc3)cc2O)nn1. The van der Waals surface area contributed by atoms with E-state index >= 15 is 4.39 Å². The van der Waals surface area contributed by atoms with E-state index in [0.29, 0.717) is 17.1 Å². The number of hydrogen-bond donors (Lipinski definition) is 1. The van der Waals surface area contributed by atoms with E-state index in [9.17, 15) is 5.11 Å². The maximum absolute atomic E-state index is 15.1. The van der Waals surface area contributed by atoms with Gasteiger partial charge in [-0.05, 0) is 38.6 Å². The first-order chi connectivity index (χ1) is 14.3. The Labute approximate surface area is 174 Å². The molecule has 1 aromatic carbocycles. The molecule has 8 heteroatoms. The molecule has 7 nitrogen and oxygen atoms in total. The minimum atomic E-state index is -1.09. The van der Waals surface area contributed by atoms with Crippen LogP contribution in [0.5, 0.6) is 11.6 Å². The van der Waals surface area contributed by atoms with E-state index in [2.05, 4.69) is 27.0 Å². The van der Waals surface area contributed by atoms with E-state index < -0.39 is 17.8 Å². The van der Waals surface area contributed by atoms with Crippen molar-refractivity contribution < 1.29 is 14.2 Å². The Morgan fingerprint density at radius 2 is 2.03 bits per heavy atom. The number of aromatic nitrogens is 4. The van der Waals surface area contributed by atoms with E-state index in [-0.39, 0.29) is 11.2 Å². The van der Waals surface area contributed by atoms with Gasteiger partial charge in [-0.3, -0.25) is 4.90 Å². The monoisotopic (exact) mass is 409 g/mol. The Morgan fingerprint density at radius 1 is 1.20 bits per heavy atom. The molecule has 4 atom stereocenters. The Kier molecular flexibility index (Phi) is 4.12. The first kappa shape index (κ1) is 19.0. The number of nitrogens with zero attached hydrogens (tertiary/aromatic N) is 5. The molecule has 1 aliphatic carbocycles. The quantitative estimate of drug-likeness (QED) is 0.713. The minimum absolute atomic E-state index is 0.0876. The molecular weight excluding hydrogens is 385 g/mol. The number of alkyl halides is 1. The number of likely N-dealkylation sites (tertiary alicyclic amines) is 1. The molecule has 30 heavy (non-hydrogen) atoms. The summed E-state index contributed by atoms with van der Waals surface area (Å²) in [5.74, 6) is 0.380. The molecule has 0 spiro atoms. The summed E-state index contributed by atoms with van der Waals surface area (Å²) in [7, 11) is 1.97. The molecule has 3 aromatic rings. The lowest BCUT2D eigenvalue weighted by Gasteiger charge is -2.41. The lowest BCUT2D eigenvalue weighted by Crippen LogP contribution is -2.56. The molecule has 1 saturated carbocycles. The van der Waals surface area contributed by atoms with Crippen molar-refractivity contribution in [1.29, 1.82) is 0 Å². The average molecular weight is 409 g/mol. The molecule has 0 radical (unpaired) electrons. The van der Waals surface area contributed by atoms with Crippen molar-refractivity contribution in [2.24, 2.45) is 5.41 Å². The Hall–Kier alpha value is -3.00. The number of rotatable bonds is 4. The molecular formula is C22H24FN5O2. The molecule has 156 valence electrons. The van der Waals surface area contributed by atoms with Crippen molar-refractivity contribution in [1.82, 2.24) is 24.6 Å². The van der Waals surface area contributed by atoms with Gasteiger partial charge in [-0.15, -0.1) is 10.2 Å². The van der Waals surface area contributed by atoms with Crippen LogP contribution in [-0.2, 0) is 0 Å². The highest BCUT2D eigenvalue weighted by molar-refractivity contribution is 5.68. The van der Waals surface area contributed by atoms with Crippen LogP contribution in [0.1, 0.15) is 20.3 Å². The van der Waals surface area contributed by atoms with Crippen LogP contribution in [0.4, 0.5) is 4.39 Å². The first-order valence-corrected chi connectivity index (χ1v) is 9.98. The van der Waals surface area contributed by atoms with Crippen LogP contribution in [0.2, 0.25) is 0 Å². The summed E-state index contributed by atoms with van der Waals surface area (Å²) >= 11 is 0. The Balaban J connectivity index is 1.36. The molecule has 2 aliphatic rings. The van der Waals surface area contributed by atoms with Gasteiger partial charge < -0.3 is 14.4 Å². The largest absolute Gasteiger partial charge is 0.507 e. The summed E-state index contributed by atoms with van der Waals surface area (Å²) in [4.78, 5) is 6.09. The summed E-state index contributed by atoms with van der Waals surface area (Å²) in [6, 6.07) is 8.69. The number of fused-ring (bicyclic) bond motifs is 2. The van der Waals surface area contributed by atoms with Crippen molar-refractivity contribution in [2.45, 2.75) is 38.1 Å². The zero-order valence-electron chi connectivity index (χ0n) is 17.2. The lowest BCUT2D eigenvalue weighted by atomic mass is 9.87. The standard InChI is InChI=1S/C22H24FN5O2/c1-21-11-22(2,27(3)12-21)19(23)20(21)30-18-7-6-16(25-26-18)15-5-4-14(10-17(15)29)28-9-8-24-13-28/h4-10,13,19-20,29H,11-12H2,1-3H3/t19-,20-,21+,22+/m1/s1. The second-order valence-electron chi connectivity index (χ2n) is 8.91. The van der Waals surface area contributed by atoms with Crippen molar-refractivity contribution in [3.63, 3.8) is 0 Å². The summed E-state index contributed by atoms with van der Waals surface area (Å²) in [5.41, 5.74) is 1.10. The smallest absolute Gasteiger partial charge is 0.233 e. The van der Waals surface area contributed by atoms with Gasteiger partial charge in [-0.25, -0.2) is 9.37 Å². The molecule has 3 heterocycles. The molecule has 1 N–H and O–H groups in total. The van der Waals surface area contributed by atoms with Crippen LogP contribution in [-0.4, -0.2) is 61.2 Å². The van der Waals surface area contributed by atoms with Gasteiger partial charge in [0.25, 0.3) is 0 Å². The Morgan fingerprint density at radius 3 is 2.63 bits per heavy atom. The highest BCUT2D eigenvalue weighted by atomic mass is 19.1. The summed E-state index contributed by atoms with van der Waals surface area (Å²) in [6.45, 7) is 4.81. The molecule has 1 aliphatic heterocycles. The second-order valence-corrected chi connectivity index (χ2v) is 8.91. The number of hydrogen-bond acceptors (Lipinski definition) is 6. The molecule has 5 rings (SSSR count). The van der Waals surface area contributed by atoms with Crippen molar-refractivity contribution in [3.05, 3.63) is 49.1 Å². The number of aromatic hydroxyl groups is 1. The van der Waals surface area contributed by atoms with E-state index in [1.165, 1.54) is 0 Å². The van der Waals surface area contributed by atoms with Crippen LogP contribution in [0, 0.1) is 5.41 Å². The van der Waals surface area contributed by atoms with Gasteiger partial charge in [0, 0.05) is 42.0 Å². The first-order valence-electron chi connectivity index (χ1n) is 9.98. The predicted octanol–water partition coefficient (Wildman–Crippen LogP) is 3.23. The second kappa shape index (κ2) is 6.50. The third-order valence-corrected chi connectivity index (χ3v) is 6.73. The van der Waals surface area contributed by atoms with Gasteiger partial charge in [0.05, 0.1) is 23.2 Å². The van der Waals surface area contributed by atoms with E-state index in [1.807, 2.05) is 20.0 Å². The molecule has 2 bridgehead atoms. The third-order valence-electron chi connectivity index (χ3n) is 6.73. The van der Waals surface area contributed by atoms with E-state index in [0.717, 1.165) is 18.7 Å². The number of halogens is 1. The zero-order valence-corrected chi connectivity index (χ0v) is 17.2. The number of phenolic OH excluding ortho intramolecular Hbond substituents is 1. The van der Waals surface area contributed by atoms with Crippen molar-refractivity contribution in [2.75, 3.05) is 13.6 Å². The van der Waals surface area contributed by atoms with Gasteiger partial charge in [-0.2, -0.15) is 0 Å². The fourth-order valence-corrected chi connectivity index (χ4v) is 5.08. The summed E-state index contributed by atoms with van der Waals surface area (Å²) < 4.78 is 22.9. The van der Waals surface area contributed by atoms with Crippen LogP contribution in [0.15, 0.2) is 49.1 Å². The van der Waals surface area contributed by atoms with Gasteiger partial charge in [0.15, 0.2) is 6.17 Å². The number of imidazole rings is 1. The highest BCUT2D eigenvalue weighted by Gasteiger charge is 2.66. The Bertz CT molecular complexity index is 1070. The fraction of sp³-hybridized carbons (Fsp3) is 0.409. The number of phenols is 1. The molecule has 0 amide bonds. The topological polar surface area (TPSA) is 76.3 Å². The van der Waals surface area contributed by atoms with Crippen molar-refractivity contribution >= 4 is 0 Å². The summed E-state index contributed by atoms with van der Waals surface area (Å²) in [6.07, 6.45) is 4.24. The highest BCUT2D eigenvalue weighted by Crippen LogP contribution is 2.55. The van der Waals surface area contributed by atoms with E-state index in [4.69, 9.17) is 4.74 Å². The predicted molar refractivity (Wildman–Crippen MR) is 109 cm³/mol. The van der Waals surface area contributed by atoms with Gasteiger partial charge in [0.1, 0.15) is 11.9 Å². The summed E-state index contributed by atoms with van der Waals surface area (Å²) in [5, 5.41) is 18.8. The van der Waals surface area contributed by atoms with E-state index in [1.54, 1.807) is 47.6 Å². The van der Waals surface area contributed by atoms with Crippen LogP contribution in [0.3, 0.4) is 0 Å². The maximum Gasteiger partial charge on any atom is 0.233 e. The maximum atomic E-state index is 15.1. The fourth-order valence-electron chi connectivity index (χ4n) is 5.08. The normalized spacial score (nSPS) is 30.7. The lowest BCUT2D eigenvalue weighted by molar-refractivity contribution is -0.0407. The molecule has 2 fully saturated rings. The number of ether oxygens (including phenoxy) is 1. The van der Waals surface area contributed by atoms with Gasteiger partial charge in [-0.1, -0.05) is 6.92 Å². The van der Waals surface area contributed by atoms with Crippen molar-refractivity contribution in [3.8, 4) is 28.6 Å². The molecule has 1 saturated heterocycles.